The average molecular weight is 260 g/mol. The number of fused-ring (bicyclic) bond motifs is 1. The Morgan fingerprint density at radius 1 is 1.33 bits per heavy atom. The molecule has 1 aliphatic carbocycles. The highest BCUT2D eigenvalue weighted by Gasteiger charge is 2.33. The molecule has 1 aliphatic rings. The summed E-state index contributed by atoms with van der Waals surface area (Å²) in [5.74, 6) is 1.58. The molecule has 1 fully saturated rings. The highest BCUT2D eigenvalue weighted by Crippen LogP contribution is 2.42. The highest BCUT2D eigenvalue weighted by atomic mass is 32.1. The minimum absolute atomic E-state index is 0.568. The number of benzene rings is 1. The largest absolute Gasteiger partial charge is 0.331 e. The lowest BCUT2D eigenvalue weighted by Crippen LogP contribution is -2.15. The van der Waals surface area contributed by atoms with Crippen LogP contribution >= 0.6 is 12.2 Å². The molecule has 1 aromatic heterocycles. The maximum atomic E-state index is 5.52. The molecule has 1 aromatic carbocycles. The number of hydrogen-bond acceptors (Lipinski definition) is 1. The second-order valence-corrected chi connectivity index (χ2v) is 5.88. The Kier molecular flexibility index (Phi) is 3.02. The first-order chi connectivity index (χ1) is 8.72. The van der Waals surface area contributed by atoms with E-state index >= 15 is 0 Å². The van der Waals surface area contributed by atoms with E-state index in [0.29, 0.717) is 6.04 Å². The predicted octanol–water partition coefficient (Wildman–Crippen LogP) is 4.70. The van der Waals surface area contributed by atoms with Crippen molar-refractivity contribution in [3.63, 3.8) is 0 Å². The molecule has 0 amide bonds. The molecule has 2 aromatic rings. The van der Waals surface area contributed by atoms with Gasteiger partial charge in [0.25, 0.3) is 0 Å². The number of hydrogen-bond donors (Lipinski definition) is 1. The summed E-state index contributed by atoms with van der Waals surface area (Å²) in [5.41, 5.74) is 2.42. The summed E-state index contributed by atoms with van der Waals surface area (Å²) in [4.78, 5) is 3.34. The van der Waals surface area contributed by atoms with Crippen molar-refractivity contribution in [3.05, 3.63) is 29.0 Å². The van der Waals surface area contributed by atoms with Crippen molar-refractivity contribution in [2.45, 2.75) is 39.2 Å². The van der Waals surface area contributed by atoms with E-state index in [9.17, 15) is 0 Å². The molecule has 0 saturated heterocycles. The van der Waals surface area contributed by atoms with Gasteiger partial charge in [-0.1, -0.05) is 32.4 Å². The molecule has 3 rings (SSSR count). The third kappa shape index (κ3) is 1.72. The fraction of sp³-hybridized carbons (Fsp3) is 0.533. The lowest BCUT2D eigenvalue weighted by Gasteiger charge is -2.21. The van der Waals surface area contributed by atoms with E-state index in [1.807, 2.05) is 0 Å². The molecule has 18 heavy (non-hydrogen) atoms. The van der Waals surface area contributed by atoms with Gasteiger partial charge < -0.3 is 9.55 Å². The van der Waals surface area contributed by atoms with Gasteiger partial charge in [-0.3, -0.25) is 0 Å². The van der Waals surface area contributed by atoms with E-state index in [4.69, 9.17) is 12.2 Å². The molecular formula is C15H20N2S. The van der Waals surface area contributed by atoms with Crippen molar-refractivity contribution >= 4 is 23.3 Å². The second-order valence-electron chi connectivity index (χ2n) is 5.49. The number of para-hydroxylation sites is 2. The Bertz CT molecular complexity index is 610. The molecule has 2 nitrogen and oxygen atoms in total. The Labute approximate surface area is 113 Å². The molecule has 3 unspecified atom stereocenters. The Balaban J connectivity index is 2.10. The molecule has 0 radical (unpaired) electrons. The first-order valence-corrected chi connectivity index (χ1v) is 7.32. The van der Waals surface area contributed by atoms with Crippen LogP contribution in [0, 0.1) is 16.6 Å². The first-order valence-electron chi connectivity index (χ1n) is 6.91. The van der Waals surface area contributed by atoms with Crippen molar-refractivity contribution in [2.24, 2.45) is 11.8 Å². The maximum absolute atomic E-state index is 5.52. The zero-order valence-corrected chi connectivity index (χ0v) is 11.8. The second kappa shape index (κ2) is 4.54. The quantitative estimate of drug-likeness (QED) is 0.776. The summed E-state index contributed by atoms with van der Waals surface area (Å²) >= 11 is 5.52. The molecule has 0 bridgehead atoms. The van der Waals surface area contributed by atoms with Gasteiger partial charge in [0.15, 0.2) is 4.77 Å². The van der Waals surface area contributed by atoms with Crippen LogP contribution < -0.4 is 0 Å². The molecule has 96 valence electrons. The Morgan fingerprint density at radius 3 is 2.83 bits per heavy atom. The summed E-state index contributed by atoms with van der Waals surface area (Å²) in [6.45, 7) is 4.69. The molecular weight excluding hydrogens is 240 g/mol. The van der Waals surface area contributed by atoms with E-state index in [-0.39, 0.29) is 0 Å². The fourth-order valence-corrected chi connectivity index (χ4v) is 3.91. The molecule has 1 N–H and O–H groups in total. The maximum Gasteiger partial charge on any atom is 0.178 e. The number of aromatic amines is 1. The summed E-state index contributed by atoms with van der Waals surface area (Å²) in [6, 6.07) is 9.01. The van der Waals surface area contributed by atoms with Crippen molar-refractivity contribution in [1.82, 2.24) is 9.55 Å². The summed E-state index contributed by atoms with van der Waals surface area (Å²) in [5, 5.41) is 0. The standard InChI is InChI=1S/C15H20N2S/c1-3-11-8-9-13(10(11)2)17-14-7-5-4-6-12(14)16-15(17)18/h4-7,10-11,13H,3,8-9H2,1-2H3,(H,16,18). The van der Waals surface area contributed by atoms with Crippen molar-refractivity contribution in [3.8, 4) is 0 Å². The lowest BCUT2D eigenvalue weighted by atomic mass is 9.93. The zero-order valence-electron chi connectivity index (χ0n) is 11.0. The van der Waals surface area contributed by atoms with Crippen LogP contribution in [-0.4, -0.2) is 9.55 Å². The van der Waals surface area contributed by atoms with Gasteiger partial charge in [-0.2, -0.15) is 0 Å². The third-order valence-electron chi connectivity index (χ3n) is 4.66. The van der Waals surface area contributed by atoms with E-state index in [1.54, 1.807) is 0 Å². The summed E-state index contributed by atoms with van der Waals surface area (Å²) in [6.07, 6.45) is 3.88. The smallest absolute Gasteiger partial charge is 0.178 e. The van der Waals surface area contributed by atoms with Crippen molar-refractivity contribution in [2.75, 3.05) is 0 Å². The van der Waals surface area contributed by atoms with E-state index < -0.39 is 0 Å². The van der Waals surface area contributed by atoms with Gasteiger partial charge in [0.05, 0.1) is 11.0 Å². The van der Waals surface area contributed by atoms with E-state index in [1.165, 1.54) is 24.8 Å². The van der Waals surface area contributed by atoms with Crippen LogP contribution in [0.1, 0.15) is 39.2 Å². The minimum Gasteiger partial charge on any atom is -0.331 e. The Hall–Kier alpha value is -1.09. The van der Waals surface area contributed by atoms with E-state index in [0.717, 1.165) is 22.1 Å². The van der Waals surface area contributed by atoms with Gasteiger partial charge in [-0.05, 0) is 49.0 Å². The van der Waals surface area contributed by atoms with Crippen molar-refractivity contribution < 1.29 is 0 Å². The summed E-state index contributed by atoms with van der Waals surface area (Å²) < 4.78 is 3.23. The van der Waals surface area contributed by atoms with Gasteiger partial charge in [0, 0.05) is 6.04 Å². The van der Waals surface area contributed by atoms with Gasteiger partial charge in [-0.15, -0.1) is 0 Å². The monoisotopic (exact) mass is 260 g/mol. The molecule has 1 saturated carbocycles. The van der Waals surface area contributed by atoms with Crippen LogP contribution in [0.25, 0.3) is 11.0 Å². The van der Waals surface area contributed by atoms with Crippen LogP contribution in [0.5, 0.6) is 0 Å². The molecule has 3 atom stereocenters. The highest BCUT2D eigenvalue weighted by molar-refractivity contribution is 7.71. The van der Waals surface area contributed by atoms with Gasteiger partial charge in [0.1, 0.15) is 0 Å². The van der Waals surface area contributed by atoms with Crippen LogP contribution in [0.15, 0.2) is 24.3 Å². The normalized spacial score (nSPS) is 28.0. The minimum atomic E-state index is 0.568. The van der Waals surface area contributed by atoms with Crippen LogP contribution in [-0.2, 0) is 0 Å². The van der Waals surface area contributed by atoms with E-state index in [2.05, 4.69) is 47.7 Å². The average Bonchev–Trinajstić information content (AvgIpc) is 2.88. The van der Waals surface area contributed by atoms with Crippen LogP contribution in [0.4, 0.5) is 0 Å². The number of aromatic nitrogens is 2. The molecule has 0 spiro atoms. The first kappa shape index (κ1) is 12.0. The van der Waals surface area contributed by atoms with Crippen molar-refractivity contribution in [1.29, 1.82) is 0 Å². The van der Waals surface area contributed by atoms with Gasteiger partial charge >= 0.3 is 0 Å². The molecule has 1 heterocycles. The van der Waals surface area contributed by atoms with Crippen LogP contribution in [0.2, 0.25) is 0 Å². The number of nitrogens with one attached hydrogen (secondary N) is 1. The zero-order chi connectivity index (χ0) is 12.7. The predicted molar refractivity (Wildman–Crippen MR) is 78.3 cm³/mol. The Morgan fingerprint density at radius 2 is 2.11 bits per heavy atom. The molecule has 0 aliphatic heterocycles. The topological polar surface area (TPSA) is 20.7 Å². The number of imidazole rings is 1. The molecule has 3 heteroatoms. The lowest BCUT2D eigenvalue weighted by molar-refractivity contribution is 0.332. The SMILES string of the molecule is CCC1CCC(n2c(=S)[nH]c3ccccc32)C1C. The fourth-order valence-electron chi connectivity index (χ4n) is 3.57. The van der Waals surface area contributed by atoms with Crippen LogP contribution in [0.3, 0.4) is 0 Å². The number of H-pyrrole nitrogens is 1. The third-order valence-corrected chi connectivity index (χ3v) is 4.96. The number of rotatable bonds is 2. The summed E-state index contributed by atoms with van der Waals surface area (Å²) in [7, 11) is 0. The van der Waals surface area contributed by atoms with Gasteiger partial charge in [0.2, 0.25) is 0 Å². The number of nitrogens with zero attached hydrogens (tertiary/aromatic N) is 1. The van der Waals surface area contributed by atoms with Gasteiger partial charge in [-0.25, -0.2) is 0 Å².